The summed E-state index contributed by atoms with van der Waals surface area (Å²) in [6.07, 6.45) is 5.01. The van der Waals surface area contributed by atoms with Gasteiger partial charge in [0.05, 0.1) is 0 Å². The van der Waals surface area contributed by atoms with Crippen molar-refractivity contribution in [2.75, 3.05) is 19.9 Å². The molecular weight excluding hydrogens is 458 g/mol. The van der Waals surface area contributed by atoms with Gasteiger partial charge in [0.2, 0.25) is 12.7 Å². The van der Waals surface area contributed by atoms with E-state index in [2.05, 4.69) is 10.6 Å². The number of nitrogens with one attached hydrogen (secondary N) is 2. The SMILES string of the molecule is Cc1ccccc1C(=O)N[C@@H]1CCCCC1NC(=O)C1CCN(C(=O)c2ccc3c(c2)OCO3)CC1. The van der Waals surface area contributed by atoms with Gasteiger partial charge in [0.15, 0.2) is 11.5 Å². The number of nitrogens with zero attached hydrogens (tertiary/aromatic N) is 1. The zero-order valence-corrected chi connectivity index (χ0v) is 20.6. The van der Waals surface area contributed by atoms with Crippen LogP contribution in [0.4, 0.5) is 0 Å². The number of ether oxygens (including phenoxy) is 2. The van der Waals surface area contributed by atoms with Crippen molar-refractivity contribution in [3.63, 3.8) is 0 Å². The van der Waals surface area contributed by atoms with Crippen LogP contribution in [0.15, 0.2) is 42.5 Å². The average molecular weight is 492 g/mol. The van der Waals surface area contributed by atoms with Gasteiger partial charge in [-0.05, 0) is 62.4 Å². The molecule has 2 N–H and O–H groups in total. The molecule has 8 heteroatoms. The van der Waals surface area contributed by atoms with Gasteiger partial charge in [0.25, 0.3) is 11.8 Å². The number of hydrogen-bond acceptors (Lipinski definition) is 5. The molecule has 0 aromatic heterocycles. The third-order valence-electron chi connectivity index (χ3n) is 7.57. The number of carbonyl (C=O) groups is 3. The lowest BCUT2D eigenvalue weighted by Crippen LogP contribution is -2.55. The quantitative estimate of drug-likeness (QED) is 0.668. The van der Waals surface area contributed by atoms with Crippen LogP contribution in [0.1, 0.15) is 64.8 Å². The Kier molecular flexibility index (Phi) is 7.11. The van der Waals surface area contributed by atoms with Crippen molar-refractivity contribution in [3.8, 4) is 11.5 Å². The minimum absolute atomic E-state index is 0.0206. The number of fused-ring (bicyclic) bond motifs is 1. The molecule has 190 valence electrons. The van der Waals surface area contributed by atoms with E-state index < -0.39 is 0 Å². The van der Waals surface area contributed by atoms with Crippen molar-refractivity contribution >= 4 is 17.7 Å². The molecule has 2 fully saturated rings. The summed E-state index contributed by atoms with van der Waals surface area (Å²) in [6, 6.07) is 12.6. The highest BCUT2D eigenvalue weighted by atomic mass is 16.7. The summed E-state index contributed by atoms with van der Waals surface area (Å²) >= 11 is 0. The molecule has 8 nitrogen and oxygen atoms in total. The van der Waals surface area contributed by atoms with Gasteiger partial charge in [0, 0.05) is 42.2 Å². The van der Waals surface area contributed by atoms with Gasteiger partial charge in [-0.2, -0.15) is 0 Å². The predicted molar refractivity (Wildman–Crippen MR) is 134 cm³/mol. The number of aryl methyl sites for hydroxylation is 1. The van der Waals surface area contributed by atoms with E-state index in [0.717, 1.165) is 31.2 Å². The molecule has 2 aromatic carbocycles. The van der Waals surface area contributed by atoms with E-state index in [1.807, 2.05) is 31.2 Å². The maximum absolute atomic E-state index is 13.1. The van der Waals surface area contributed by atoms with Gasteiger partial charge < -0.3 is 25.0 Å². The monoisotopic (exact) mass is 491 g/mol. The van der Waals surface area contributed by atoms with Gasteiger partial charge in [-0.1, -0.05) is 31.0 Å². The van der Waals surface area contributed by atoms with Gasteiger partial charge in [-0.3, -0.25) is 14.4 Å². The van der Waals surface area contributed by atoms with Crippen LogP contribution in [0, 0.1) is 12.8 Å². The third kappa shape index (κ3) is 5.17. The topological polar surface area (TPSA) is 97.0 Å². The summed E-state index contributed by atoms with van der Waals surface area (Å²) in [7, 11) is 0. The Bertz CT molecular complexity index is 1140. The van der Waals surface area contributed by atoms with E-state index in [9.17, 15) is 14.4 Å². The molecule has 2 atom stereocenters. The molecule has 2 heterocycles. The first kappa shape index (κ1) is 24.2. The fourth-order valence-corrected chi connectivity index (χ4v) is 5.41. The van der Waals surface area contributed by atoms with E-state index in [0.29, 0.717) is 48.6 Å². The van der Waals surface area contributed by atoms with Gasteiger partial charge in [-0.25, -0.2) is 0 Å². The van der Waals surface area contributed by atoms with Crippen molar-refractivity contribution < 1.29 is 23.9 Å². The number of piperidine rings is 1. The summed E-state index contributed by atoms with van der Waals surface area (Å²) in [5.41, 5.74) is 2.18. The second-order valence-electron chi connectivity index (χ2n) is 9.93. The summed E-state index contributed by atoms with van der Waals surface area (Å²) in [5.74, 6) is 0.977. The molecule has 36 heavy (non-hydrogen) atoms. The minimum Gasteiger partial charge on any atom is -0.454 e. The fraction of sp³-hybridized carbons (Fsp3) is 0.464. The highest BCUT2D eigenvalue weighted by molar-refractivity contribution is 5.96. The van der Waals surface area contributed by atoms with Crippen molar-refractivity contribution in [1.29, 1.82) is 0 Å². The smallest absolute Gasteiger partial charge is 0.253 e. The Balaban J connectivity index is 1.14. The Labute approximate surface area is 211 Å². The molecule has 1 unspecified atom stereocenters. The Morgan fingerprint density at radius 3 is 2.31 bits per heavy atom. The van der Waals surface area contributed by atoms with Crippen LogP contribution >= 0.6 is 0 Å². The number of rotatable bonds is 5. The van der Waals surface area contributed by atoms with E-state index in [1.165, 1.54) is 0 Å². The zero-order chi connectivity index (χ0) is 25.1. The minimum atomic E-state index is -0.138. The highest BCUT2D eigenvalue weighted by Gasteiger charge is 2.33. The van der Waals surface area contributed by atoms with Crippen LogP contribution in [-0.2, 0) is 4.79 Å². The highest BCUT2D eigenvalue weighted by Crippen LogP contribution is 2.33. The molecule has 0 radical (unpaired) electrons. The van der Waals surface area contributed by atoms with E-state index in [-0.39, 0.29) is 42.5 Å². The molecule has 1 aliphatic carbocycles. The van der Waals surface area contributed by atoms with Crippen molar-refractivity contribution in [3.05, 3.63) is 59.2 Å². The summed E-state index contributed by atoms with van der Waals surface area (Å²) < 4.78 is 10.7. The van der Waals surface area contributed by atoms with Crippen molar-refractivity contribution in [2.24, 2.45) is 5.92 Å². The number of amides is 3. The third-order valence-corrected chi connectivity index (χ3v) is 7.57. The van der Waals surface area contributed by atoms with E-state index in [4.69, 9.17) is 9.47 Å². The summed E-state index contributed by atoms with van der Waals surface area (Å²) in [6.45, 7) is 3.16. The maximum atomic E-state index is 13.1. The summed E-state index contributed by atoms with van der Waals surface area (Å²) in [4.78, 5) is 40.8. The second kappa shape index (κ2) is 10.6. The first-order valence-corrected chi connectivity index (χ1v) is 12.9. The van der Waals surface area contributed by atoms with E-state index >= 15 is 0 Å². The molecule has 1 saturated carbocycles. The standard InChI is InChI=1S/C28H33N3O5/c1-18-6-2-3-7-21(18)27(33)30-23-9-5-4-8-22(23)29-26(32)19-12-14-31(15-13-19)28(34)20-10-11-24-25(16-20)36-17-35-24/h2-3,6-7,10-11,16,19,22-23H,4-5,8-9,12-15,17H2,1H3,(H,29,32)(H,30,33)/t22?,23-/m1/s1. The van der Waals surface area contributed by atoms with Crippen LogP contribution in [0.2, 0.25) is 0 Å². The molecule has 2 aromatic rings. The Hall–Kier alpha value is -3.55. The van der Waals surface area contributed by atoms with Gasteiger partial charge >= 0.3 is 0 Å². The number of likely N-dealkylation sites (tertiary alicyclic amines) is 1. The van der Waals surface area contributed by atoms with Gasteiger partial charge in [-0.15, -0.1) is 0 Å². The molecule has 0 bridgehead atoms. The molecule has 5 rings (SSSR count). The molecule has 1 saturated heterocycles. The molecular formula is C28H33N3O5. The largest absolute Gasteiger partial charge is 0.454 e. The molecule has 3 aliphatic rings. The van der Waals surface area contributed by atoms with Crippen molar-refractivity contribution in [2.45, 2.75) is 57.5 Å². The first-order valence-electron chi connectivity index (χ1n) is 12.9. The fourth-order valence-electron chi connectivity index (χ4n) is 5.41. The lowest BCUT2D eigenvalue weighted by molar-refractivity contribution is -0.127. The maximum Gasteiger partial charge on any atom is 0.253 e. The van der Waals surface area contributed by atoms with Gasteiger partial charge in [0.1, 0.15) is 0 Å². The second-order valence-corrected chi connectivity index (χ2v) is 9.93. The lowest BCUT2D eigenvalue weighted by Gasteiger charge is -2.36. The summed E-state index contributed by atoms with van der Waals surface area (Å²) in [5, 5.41) is 6.39. The lowest BCUT2D eigenvalue weighted by atomic mass is 9.88. The normalized spacial score (nSPS) is 21.6. The van der Waals surface area contributed by atoms with Crippen LogP contribution in [-0.4, -0.2) is 54.6 Å². The van der Waals surface area contributed by atoms with Crippen LogP contribution in [0.5, 0.6) is 11.5 Å². The number of benzene rings is 2. The Morgan fingerprint density at radius 2 is 1.56 bits per heavy atom. The molecule has 3 amide bonds. The number of carbonyl (C=O) groups excluding carboxylic acids is 3. The molecule has 2 aliphatic heterocycles. The van der Waals surface area contributed by atoms with Crippen LogP contribution in [0.3, 0.4) is 0 Å². The number of hydrogen-bond donors (Lipinski definition) is 2. The van der Waals surface area contributed by atoms with Crippen LogP contribution in [0.25, 0.3) is 0 Å². The van der Waals surface area contributed by atoms with E-state index in [1.54, 1.807) is 23.1 Å². The zero-order valence-electron chi connectivity index (χ0n) is 20.6. The van der Waals surface area contributed by atoms with Crippen LogP contribution < -0.4 is 20.1 Å². The predicted octanol–water partition coefficient (Wildman–Crippen LogP) is 3.43. The molecule has 0 spiro atoms. The Morgan fingerprint density at radius 1 is 0.861 bits per heavy atom. The first-order chi connectivity index (χ1) is 17.5. The average Bonchev–Trinajstić information content (AvgIpc) is 3.38. The van der Waals surface area contributed by atoms with Crippen molar-refractivity contribution in [1.82, 2.24) is 15.5 Å².